The van der Waals surface area contributed by atoms with Gasteiger partial charge >= 0.3 is 6.09 Å². The summed E-state index contributed by atoms with van der Waals surface area (Å²) in [5.74, 6) is 0.886. The molecule has 0 aromatic rings. The van der Waals surface area contributed by atoms with Crippen LogP contribution in [-0.4, -0.2) is 48.1 Å². The SMILES string of the molecule is CCCCCCCCCCCCSN(S)C(=O)OCC(CC)OCCOCC. The Hall–Kier alpha value is -0.110. The molecule has 0 aliphatic heterocycles. The Morgan fingerprint density at radius 1 is 0.929 bits per heavy atom. The quantitative estimate of drug-likeness (QED) is 0.131. The highest BCUT2D eigenvalue weighted by molar-refractivity contribution is 8.06. The number of thiol groups is 1. The molecule has 0 aromatic carbocycles. The number of nitrogens with zero attached hydrogens (tertiary/aromatic N) is 1. The van der Waals surface area contributed by atoms with Crippen molar-refractivity contribution < 1.29 is 19.0 Å². The first-order valence-corrected chi connectivity index (χ1v) is 12.5. The van der Waals surface area contributed by atoms with Crippen LogP contribution in [0.15, 0.2) is 0 Å². The summed E-state index contributed by atoms with van der Waals surface area (Å²) in [6, 6.07) is 0. The predicted molar refractivity (Wildman–Crippen MR) is 123 cm³/mol. The molecule has 5 nitrogen and oxygen atoms in total. The maximum atomic E-state index is 12.0. The van der Waals surface area contributed by atoms with Crippen LogP contribution in [0, 0.1) is 0 Å². The predicted octanol–water partition coefficient (Wildman–Crippen LogP) is 6.67. The molecule has 168 valence electrons. The number of carbonyl (C=O) groups excluding carboxylic acids is 1. The number of ether oxygens (including phenoxy) is 3. The van der Waals surface area contributed by atoms with Crippen LogP contribution in [0.4, 0.5) is 4.79 Å². The summed E-state index contributed by atoms with van der Waals surface area (Å²) in [4.78, 5) is 12.0. The van der Waals surface area contributed by atoms with E-state index < -0.39 is 6.09 Å². The van der Waals surface area contributed by atoms with E-state index in [1.54, 1.807) is 0 Å². The van der Waals surface area contributed by atoms with Crippen LogP contribution in [0.25, 0.3) is 0 Å². The minimum absolute atomic E-state index is 0.0990. The smallest absolute Gasteiger partial charge is 0.430 e. The van der Waals surface area contributed by atoms with Crippen LogP contribution >= 0.6 is 24.8 Å². The molecule has 28 heavy (non-hydrogen) atoms. The van der Waals surface area contributed by atoms with E-state index in [1.807, 2.05) is 13.8 Å². The summed E-state index contributed by atoms with van der Waals surface area (Å²) in [5, 5.41) is 0. The van der Waals surface area contributed by atoms with Gasteiger partial charge in [-0.1, -0.05) is 71.6 Å². The average Bonchev–Trinajstić information content (AvgIpc) is 2.71. The van der Waals surface area contributed by atoms with E-state index in [-0.39, 0.29) is 12.7 Å². The van der Waals surface area contributed by atoms with Gasteiger partial charge in [-0.25, -0.2) is 4.79 Å². The molecule has 1 amide bonds. The molecule has 0 heterocycles. The summed E-state index contributed by atoms with van der Waals surface area (Å²) in [6.07, 6.45) is 13.4. The van der Waals surface area contributed by atoms with Gasteiger partial charge in [0.2, 0.25) is 0 Å². The van der Waals surface area contributed by atoms with Crippen LogP contribution < -0.4 is 0 Å². The van der Waals surface area contributed by atoms with E-state index >= 15 is 0 Å². The molecule has 0 fully saturated rings. The Labute approximate surface area is 183 Å². The Morgan fingerprint density at radius 2 is 1.54 bits per heavy atom. The Morgan fingerprint density at radius 3 is 2.11 bits per heavy atom. The molecule has 1 unspecified atom stereocenters. The van der Waals surface area contributed by atoms with Crippen LogP contribution in [0.3, 0.4) is 0 Å². The molecule has 7 heteroatoms. The number of hydrogen-bond donors (Lipinski definition) is 1. The van der Waals surface area contributed by atoms with Crippen molar-refractivity contribution in [3.63, 3.8) is 0 Å². The molecule has 0 N–H and O–H groups in total. The molecule has 0 saturated carbocycles. The molecular formula is C21H43NO4S2. The summed E-state index contributed by atoms with van der Waals surface area (Å²) in [6.45, 7) is 8.23. The first-order chi connectivity index (χ1) is 13.7. The van der Waals surface area contributed by atoms with Gasteiger partial charge in [0.1, 0.15) is 6.61 Å². The van der Waals surface area contributed by atoms with Crippen molar-refractivity contribution in [3.8, 4) is 0 Å². The maximum absolute atomic E-state index is 12.0. The molecule has 0 aromatic heterocycles. The first kappa shape index (κ1) is 27.9. The zero-order valence-electron chi connectivity index (χ0n) is 18.3. The van der Waals surface area contributed by atoms with Gasteiger partial charge in [-0.2, -0.15) is 3.71 Å². The fraction of sp³-hybridized carbons (Fsp3) is 0.952. The van der Waals surface area contributed by atoms with Crippen molar-refractivity contribution >= 4 is 30.9 Å². The standard InChI is InChI=1S/C21H43NO4S2/c1-4-7-8-9-10-11-12-13-14-15-18-28-22(27)21(23)26-19-20(5-2)25-17-16-24-6-3/h20,27H,4-19H2,1-3H3. The third-order valence-electron chi connectivity index (χ3n) is 4.50. The minimum Gasteiger partial charge on any atom is -0.445 e. The molecule has 0 bridgehead atoms. The normalized spacial score (nSPS) is 12.1. The Bertz CT molecular complexity index is 348. The van der Waals surface area contributed by atoms with E-state index in [0.29, 0.717) is 19.8 Å². The monoisotopic (exact) mass is 437 g/mol. The third kappa shape index (κ3) is 18.0. The topological polar surface area (TPSA) is 48.0 Å². The second-order valence-corrected chi connectivity index (χ2v) is 8.67. The zero-order chi connectivity index (χ0) is 20.9. The molecule has 0 aliphatic carbocycles. The number of hydrogen-bond acceptors (Lipinski definition) is 6. The van der Waals surface area contributed by atoms with Gasteiger partial charge < -0.3 is 14.2 Å². The van der Waals surface area contributed by atoms with Gasteiger partial charge in [0.25, 0.3) is 0 Å². The highest BCUT2D eigenvalue weighted by Gasteiger charge is 2.15. The zero-order valence-corrected chi connectivity index (χ0v) is 20.0. The third-order valence-corrected chi connectivity index (χ3v) is 5.88. The molecule has 0 rings (SSSR count). The second-order valence-electron chi connectivity index (χ2n) is 6.96. The van der Waals surface area contributed by atoms with Gasteiger partial charge in [-0.15, -0.1) is 0 Å². The Balaban J connectivity index is 3.57. The van der Waals surface area contributed by atoms with Gasteiger partial charge in [-0.3, -0.25) is 0 Å². The van der Waals surface area contributed by atoms with E-state index in [9.17, 15) is 4.79 Å². The lowest BCUT2D eigenvalue weighted by atomic mass is 10.1. The summed E-state index contributed by atoms with van der Waals surface area (Å²) >= 11 is 5.62. The van der Waals surface area contributed by atoms with Gasteiger partial charge in [-0.05, 0) is 44.5 Å². The molecule has 1 atom stereocenters. The first-order valence-electron chi connectivity index (χ1n) is 11.1. The van der Waals surface area contributed by atoms with Gasteiger partial charge in [0, 0.05) is 12.4 Å². The van der Waals surface area contributed by atoms with E-state index in [2.05, 4.69) is 19.7 Å². The summed E-state index contributed by atoms with van der Waals surface area (Å²) in [7, 11) is 0. The lowest BCUT2D eigenvalue weighted by molar-refractivity contribution is -0.0231. The molecule has 0 spiro atoms. The second kappa shape index (κ2) is 21.6. The maximum Gasteiger partial charge on any atom is 0.430 e. The Kier molecular flexibility index (Phi) is 21.5. The number of unbranched alkanes of at least 4 members (excludes halogenated alkanes) is 9. The summed E-state index contributed by atoms with van der Waals surface area (Å²) in [5.41, 5.74) is 0. The van der Waals surface area contributed by atoms with E-state index in [1.165, 1.54) is 73.4 Å². The molecular weight excluding hydrogens is 394 g/mol. The van der Waals surface area contributed by atoms with Crippen molar-refractivity contribution in [2.75, 3.05) is 32.2 Å². The fourth-order valence-electron chi connectivity index (χ4n) is 2.71. The molecule has 0 saturated heterocycles. The van der Waals surface area contributed by atoms with Crippen molar-refractivity contribution in [3.05, 3.63) is 0 Å². The van der Waals surface area contributed by atoms with Crippen molar-refractivity contribution in [2.45, 2.75) is 97.5 Å². The van der Waals surface area contributed by atoms with Crippen molar-refractivity contribution in [1.82, 2.24) is 3.71 Å². The van der Waals surface area contributed by atoms with Crippen LogP contribution in [0.5, 0.6) is 0 Å². The lowest BCUT2D eigenvalue weighted by Crippen LogP contribution is -2.26. The van der Waals surface area contributed by atoms with Crippen molar-refractivity contribution in [1.29, 1.82) is 0 Å². The highest BCUT2D eigenvalue weighted by atomic mass is 32.2. The number of rotatable bonds is 20. The number of amides is 1. The molecule has 0 radical (unpaired) electrons. The summed E-state index contributed by atoms with van der Waals surface area (Å²) < 4.78 is 17.5. The van der Waals surface area contributed by atoms with Gasteiger partial charge in [0.05, 0.1) is 19.3 Å². The molecule has 0 aliphatic rings. The van der Waals surface area contributed by atoms with E-state index in [0.717, 1.165) is 18.6 Å². The van der Waals surface area contributed by atoms with Crippen LogP contribution in [-0.2, 0) is 14.2 Å². The van der Waals surface area contributed by atoms with Crippen LogP contribution in [0.2, 0.25) is 0 Å². The van der Waals surface area contributed by atoms with Crippen molar-refractivity contribution in [2.24, 2.45) is 0 Å². The lowest BCUT2D eigenvalue weighted by Gasteiger charge is -2.19. The number of carbonyl (C=O) groups is 1. The minimum atomic E-state index is -0.424. The van der Waals surface area contributed by atoms with Gasteiger partial charge in [0.15, 0.2) is 0 Å². The highest BCUT2D eigenvalue weighted by Crippen LogP contribution is 2.18. The van der Waals surface area contributed by atoms with Crippen LogP contribution in [0.1, 0.15) is 91.4 Å². The largest absolute Gasteiger partial charge is 0.445 e. The fourth-order valence-corrected chi connectivity index (χ4v) is 3.68. The average molecular weight is 438 g/mol. The van der Waals surface area contributed by atoms with E-state index in [4.69, 9.17) is 14.2 Å².